The number of fused-ring (bicyclic) bond motifs is 2. The summed E-state index contributed by atoms with van der Waals surface area (Å²) in [5, 5.41) is 3.72. The van der Waals surface area contributed by atoms with Gasteiger partial charge in [-0.05, 0) is 31.0 Å². The molecule has 1 aromatic rings. The Kier molecular flexibility index (Phi) is 4.50. The van der Waals surface area contributed by atoms with E-state index in [-0.39, 0.29) is 11.3 Å². The summed E-state index contributed by atoms with van der Waals surface area (Å²) in [6.45, 7) is 6.39. The van der Waals surface area contributed by atoms with E-state index in [1.807, 2.05) is 12.1 Å². The average molecular weight is 309 g/mol. The van der Waals surface area contributed by atoms with Crippen molar-refractivity contribution in [3.8, 4) is 11.5 Å². The van der Waals surface area contributed by atoms with Crippen molar-refractivity contribution in [3.63, 3.8) is 0 Å². The summed E-state index contributed by atoms with van der Waals surface area (Å²) in [4.78, 5) is 0.923. The molecule has 0 aliphatic carbocycles. The predicted molar refractivity (Wildman–Crippen MR) is 83.6 cm³/mol. The van der Waals surface area contributed by atoms with E-state index < -0.39 is 10.8 Å². The van der Waals surface area contributed by atoms with Crippen LogP contribution < -0.4 is 14.8 Å². The SMILES string of the molecule is CCCNC1c2cc3c(cc2S(=O)C1CCC)OCCO3. The Hall–Kier alpha value is -1.07. The normalized spacial score (nSPS) is 26.7. The molecule has 2 aliphatic heterocycles. The van der Waals surface area contributed by atoms with Crippen molar-refractivity contribution in [2.75, 3.05) is 19.8 Å². The maximum atomic E-state index is 12.8. The van der Waals surface area contributed by atoms with E-state index in [0.29, 0.717) is 13.2 Å². The van der Waals surface area contributed by atoms with Crippen LogP contribution in [0, 0.1) is 0 Å². The molecule has 2 aliphatic rings. The van der Waals surface area contributed by atoms with Gasteiger partial charge in [0, 0.05) is 17.0 Å². The number of hydrogen-bond donors (Lipinski definition) is 1. The maximum absolute atomic E-state index is 12.8. The topological polar surface area (TPSA) is 47.6 Å². The van der Waals surface area contributed by atoms with Gasteiger partial charge >= 0.3 is 0 Å². The molecule has 0 bridgehead atoms. The molecule has 0 amide bonds. The minimum absolute atomic E-state index is 0.153. The van der Waals surface area contributed by atoms with Crippen LogP contribution in [0.5, 0.6) is 11.5 Å². The van der Waals surface area contributed by atoms with E-state index in [1.54, 1.807) is 0 Å². The lowest BCUT2D eigenvalue weighted by atomic mass is 10.00. The Labute approximate surface area is 128 Å². The molecule has 0 spiro atoms. The molecule has 2 heterocycles. The highest BCUT2D eigenvalue weighted by Gasteiger charge is 2.39. The van der Waals surface area contributed by atoms with Crippen molar-refractivity contribution in [3.05, 3.63) is 17.7 Å². The van der Waals surface area contributed by atoms with E-state index in [0.717, 1.165) is 47.8 Å². The lowest BCUT2D eigenvalue weighted by Crippen LogP contribution is -2.30. The summed E-state index contributed by atoms with van der Waals surface area (Å²) in [5.74, 6) is 1.53. The molecule has 3 atom stereocenters. The van der Waals surface area contributed by atoms with Gasteiger partial charge in [0.25, 0.3) is 0 Å². The Morgan fingerprint density at radius 1 is 1.19 bits per heavy atom. The van der Waals surface area contributed by atoms with E-state index in [4.69, 9.17) is 9.47 Å². The molecule has 4 nitrogen and oxygen atoms in total. The van der Waals surface area contributed by atoms with Crippen molar-refractivity contribution in [1.82, 2.24) is 5.32 Å². The third kappa shape index (κ3) is 2.69. The monoisotopic (exact) mass is 309 g/mol. The fourth-order valence-electron chi connectivity index (χ4n) is 3.09. The second-order valence-electron chi connectivity index (χ2n) is 5.59. The molecule has 5 heteroatoms. The van der Waals surface area contributed by atoms with Crippen LogP contribution in [0.1, 0.15) is 44.7 Å². The van der Waals surface area contributed by atoms with Gasteiger partial charge in [0.05, 0.1) is 16.0 Å². The summed E-state index contributed by atoms with van der Waals surface area (Å²) in [6.07, 6.45) is 3.08. The van der Waals surface area contributed by atoms with E-state index in [2.05, 4.69) is 19.2 Å². The lowest BCUT2D eigenvalue weighted by molar-refractivity contribution is 0.170. The Morgan fingerprint density at radius 3 is 2.57 bits per heavy atom. The number of nitrogens with one attached hydrogen (secondary N) is 1. The van der Waals surface area contributed by atoms with Gasteiger partial charge in [-0.1, -0.05) is 20.3 Å². The summed E-state index contributed by atoms with van der Waals surface area (Å²) >= 11 is 0. The van der Waals surface area contributed by atoms with Gasteiger partial charge in [0.1, 0.15) is 13.2 Å². The third-order valence-corrected chi connectivity index (χ3v) is 5.91. The molecular weight excluding hydrogens is 286 g/mol. The van der Waals surface area contributed by atoms with Crippen LogP contribution in [0.3, 0.4) is 0 Å². The van der Waals surface area contributed by atoms with Crippen LogP contribution in [-0.2, 0) is 10.8 Å². The van der Waals surface area contributed by atoms with Gasteiger partial charge in [0.15, 0.2) is 11.5 Å². The second-order valence-corrected chi connectivity index (χ2v) is 7.23. The summed E-state index contributed by atoms with van der Waals surface area (Å²) in [5.41, 5.74) is 1.13. The van der Waals surface area contributed by atoms with Gasteiger partial charge < -0.3 is 14.8 Å². The maximum Gasteiger partial charge on any atom is 0.162 e. The Morgan fingerprint density at radius 2 is 1.90 bits per heavy atom. The molecule has 0 saturated heterocycles. The van der Waals surface area contributed by atoms with E-state index >= 15 is 0 Å². The first-order valence-electron chi connectivity index (χ1n) is 7.83. The molecule has 116 valence electrons. The van der Waals surface area contributed by atoms with Crippen LogP contribution in [0.25, 0.3) is 0 Å². The zero-order chi connectivity index (χ0) is 14.8. The van der Waals surface area contributed by atoms with Crippen molar-refractivity contribution >= 4 is 10.8 Å². The molecule has 0 saturated carbocycles. The lowest BCUT2D eigenvalue weighted by Gasteiger charge is -2.22. The Balaban J connectivity index is 1.98. The quantitative estimate of drug-likeness (QED) is 0.908. The van der Waals surface area contributed by atoms with E-state index in [1.165, 1.54) is 0 Å². The number of rotatable bonds is 5. The summed E-state index contributed by atoms with van der Waals surface area (Å²) < 4.78 is 24.1. The van der Waals surface area contributed by atoms with Crippen LogP contribution in [0.15, 0.2) is 17.0 Å². The molecule has 0 aromatic heterocycles. The minimum atomic E-state index is -0.965. The van der Waals surface area contributed by atoms with E-state index in [9.17, 15) is 4.21 Å². The first-order valence-corrected chi connectivity index (χ1v) is 9.05. The minimum Gasteiger partial charge on any atom is -0.486 e. The summed E-state index contributed by atoms with van der Waals surface area (Å²) in [7, 11) is -0.965. The van der Waals surface area contributed by atoms with Gasteiger partial charge in [-0.2, -0.15) is 0 Å². The first-order chi connectivity index (χ1) is 10.3. The molecule has 3 unspecified atom stereocenters. The van der Waals surface area contributed by atoms with Crippen molar-refractivity contribution in [2.45, 2.75) is 49.3 Å². The molecule has 0 fully saturated rings. The third-order valence-electron chi connectivity index (χ3n) is 4.06. The number of hydrogen-bond acceptors (Lipinski definition) is 4. The number of ether oxygens (including phenoxy) is 2. The average Bonchev–Trinajstić information content (AvgIpc) is 2.76. The van der Waals surface area contributed by atoms with Crippen LogP contribution >= 0.6 is 0 Å². The highest BCUT2D eigenvalue weighted by Crippen LogP contribution is 2.44. The number of benzene rings is 1. The molecular formula is C16H23NO3S. The van der Waals surface area contributed by atoms with Crippen molar-refractivity contribution in [1.29, 1.82) is 0 Å². The standard InChI is InChI=1S/C16H23NO3S/c1-3-5-14-16(17-6-4-2)11-9-12-13(20-8-7-19-12)10-15(11)21(14)18/h9-10,14,16-17H,3-8H2,1-2H3. The zero-order valence-corrected chi connectivity index (χ0v) is 13.5. The highest BCUT2D eigenvalue weighted by atomic mass is 32.2. The van der Waals surface area contributed by atoms with Crippen LogP contribution in [-0.4, -0.2) is 29.2 Å². The second kappa shape index (κ2) is 6.36. The molecule has 21 heavy (non-hydrogen) atoms. The smallest absolute Gasteiger partial charge is 0.162 e. The van der Waals surface area contributed by atoms with Crippen LogP contribution in [0.4, 0.5) is 0 Å². The molecule has 1 aromatic carbocycles. The summed E-state index contributed by atoms with van der Waals surface area (Å²) in [6, 6.07) is 4.12. The molecule has 1 N–H and O–H groups in total. The fourth-order valence-corrected chi connectivity index (χ4v) is 5.00. The first kappa shape index (κ1) is 14.9. The van der Waals surface area contributed by atoms with Crippen molar-refractivity contribution < 1.29 is 13.7 Å². The van der Waals surface area contributed by atoms with Gasteiger partial charge in [0.2, 0.25) is 0 Å². The Bertz CT molecular complexity index is 547. The molecule has 3 rings (SSSR count). The largest absolute Gasteiger partial charge is 0.486 e. The van der Waals surface area contributed by atoms with Gasteiger partial charge in [-0.3, -0.25) is 4.21 Å². The van der Waals surface area contributed by atoms with Gasteiger partial charge in [-0.15, -0.1) is 0 Å². The predicted octanol–water partition coefficient (Wildman–Crippen LogP) is 2.79. The van der Waals surface area contributed by atoms with Gasteiger partial charge in [-0.25, -0.2) is 0 Å². The highest BCUT2D eigenvalue weighted by molar-refractivity contribution is 7.86. The van der Waals surface area contributed by atoms with Crippen molar-refractivity contribution in [2.24, 2.45) is 0 Å². The zero-order valence-electron chi connectivity index (χ0n) is 12.7. The fraction of sp³-hybridized carbons (Fsp3) is 0.625. The molecule has 0 radical (unpaired) electrons. The van der Waals surface area contributed by atoms with Crippen LogP contribution in [0.2, 0.25) is 0 Å².